The first kappa shape index (κ1) is 43.5. The van der Waals surface area contributed by atoms with Crippen LogP contribution < -0.4 is 18.9 Å². The molecule has 324 valence electrons. The van der Waals surface area contributed by atoms with Crippen LogP contribution in [0.15, 0.2) is 104 Å². The molecule has 0 amide bonds. The number of carbonyl (C=O) groups is 1. The van der Waals surface area contributed by atoms with E-state index in [1.54, 1.807) is 43.6 Å². The Morgan fingerprint density at radius 3 is 2.41 bits per heavy atom. The molecule has 3 aromatic heterocycles. The zero-order valence-corrected chi connectivity index (χ0v) is 37.0. The van der Waals surface area contributed by atoms with Crippen LogP contribution in [0.25, 0.3) is 43.2 Å². The second-order valence-electron chi connectivity index (χ2n) is 15.9. The van der Waals surface area contributed by atoms with Gasteiger partial charge in [-0.15, -0.1) is 11.3 Å². The number of carboxylic acids is 1. The third kappa shape index (κ3) is 9.89. The monoisotopic (exact) mass is 889 g/mol. The number of halogens is 2. The molecule has 0 aliphatic carbocycles. The van der Waals surface area contributed by atoms with Crippen molar-refractivity contribution in [1.29, 1.82) is 0 Å². The lowest BCUT2D eigenvalue weighted by molar-refractivity contribution is -0.894. The van der Waals surface area contributed by atoms with Crippen molar-refractivity contribution >= 4 is 39.1 Å². The maximum Gasteiger partial charge on any atom is 0.345 e. The van der Waals surface area contributed by atoms with Crippen LogP contribution in [-0.4, -0.2) is 107 Å². The molecule has 63 heavy (non-hydrogen) atoms. The van der Waals surface area contributed by atoms with E-state index in [9.17, 15) is 14.3 Å². The molecule has 4 aromatic carbocycles. The number of benzene rings is 4. The van der Waals surface area contributed by atoms with E-state index in [2.05, 4.69) is 33.9 Å². The Morgan fingerprint density at radius 2 is 1.65 bits per heavy atom. The fourth-order valence-corrected chi connectivity index (χ4v) is 8.94. The summed E-state index contributed by atoms with van der Waals surface area (Å²) in [4.78, 5) is 35.0. The van der Waals surface area contributed by atoms with Gasteiger partial charge in [-0.2, -0.15) is 0 Å². The van der Waals surface area contributed by atoms with Crippen LogP contribution in [0.2, 0.25) is 5.02 Å². The van der Waals surface area contributed by atoms with Gasteiger partial charge in [0.1, 0.15) is 47.4 Å². The Kier molecular flexibility index (Phi) is 13.1. The van der Waals surface area contributed by atoms with Crippen molar-refractivity contribution in [2.45, 2.75) is 26.1 Å². The quantitative estimate of drug-likeness (QED) is 0.0934. The highest BCUT2D eigenvalue weighted by Crippen LogP contribution is 2.49. The number of thiophene rings is 1. The number of hydrogen-bond donors (Lipinski definition) is 1. The number of aromatic nitrogens is 4. The van der Waals surface area contributed by atoms with Crippen LogP contribution in [0.5, 0.6) is 23.1 Å². The average Bonchev–Trinajstić information content (AvgIpc) is 3.68. The van der Waals surface area contributed by atoms with Gasteiger partial charge in [0.05, 0.1) is 56.0 Å². The van der Waals surface area contributed by atoms with Crippen molar-refractivity contribution in [3.8, 4) is 56.1 Å². The molecule has 4 heterocycles. The second kappa shape index (κ2) is 19.1. The highest BCUT2D eigenvalue weighted by atomic mass is 35.5. The molecule has 1 fully saturated rings. The van der Waals surface area contributed by atoms with Gasteiger partial charge in [-0.05, 0) is 71.6 Å². The Balaban J connectivity index is 1.08. The summed E-state index contributed by atoms with van der Waals surface area (Å²) in [6.07, 6.45) is 1.58. The molecule has 0 radical (unpaired) electrons. The summed E-state index contributed by atoms with van der Waals surface area (Å²) in [6, 6.07) is 26.4. The van der Waals surface area contributed by atoms with Gasteiger partial charge in [0.2, 0.25) is 12.0 Å². The molecular formula is C48H47ClFN6O6S+. The number of nitrogens with zero attached hydrogens (tertiary/aromatic N) is 6. The molecule has 1 saturated heterocycles. The normalized spacial score (nSPS) is 14.3. The van der Waals surface area contributed by atoms with Crippen LogP contribution in [0.1, 0.15) is 16.8 Å². The number of piperazine rings is 1. The predicted octanol–water partition coefficient (Wildman–Crippen LogP) is 9.02. The van der Waals surface area contributed by atoms with Gasteiger partial charge in [0, 0.05) is 42.7 Å². The minimum atomic E-state index is -1.38. The molecule has 1 aliphatic rings. The average molecular weight is 890 g/mol. The number of fused-ring (bicyclic) bond motifs is 1. The molecule has 7 aromatic rings. The topological polar surface area (TPSA) is 129 Å². The Hall–Kier alpha value is -6.19. The molecule has 0 unspecified atom stereocenters. The molecule has 15 heteroatoms. The van der Waals surface area contributed by atoms with E-state index >= 15 is 0 Å². The highest BCUT2D eigenvalue weighted by Gasteiger charge is 2.29. The maximum atomic E-state index is 14.2. The number of carboxylic acid groups (broad SMARTS) is 1. The molecule has 1 N–H and O–H groups in total. The smallest absolute Gasteiger partial charge is 0.345 e. The van der Waals surface area contributed by atoms with Gasteiger partial charge in [0.15, 0.2) is 5.82 Å². The summed E-state index contributed by atoms with van der Waals surface area (Å²) >= 11 is 8.45. The van der Waals surface area contributed by atoms with Crippen molar-refractivity contribution in [3.05, 3.63) is 131 Å². The first-order valence-corrected chi connectivity index (χ1v) is 21.7. The number of likely N-dealkylation sites (N-methyl/N-ethyl adjacent to an activating group) is 1. The van der Waals surface area contributed by atoms with Crippen molar-refractivity contribution in [3.63, 3.8) is 0 Å². The molecule has 1 atom stereocenters. The highest BCUT2D eigenvalue weighted by molar-refractivity contribution is 7.22. The Bertz CT molecular complexity index is 2740. The second-order valence-corrected chi connectivity index (χ2v) is 17.3. The van der Waals surface area contributed by atoms with E-state index in [0.717, 1.165) is 64.3 Å². The van der Waals surface area contributed by atoms with Crippen molar-refractivity contribution in [2.24, 2.45) is 0 Å². The lowest BCUT2D eigenvalue weighted by Crippen LogP contribution is -2.55. The lowest BCUT2D eigenvalue weighted by atomic mass is 9.96. The van der Waals surface area contributed by atoms with Crippen molar-refractivity contribution in [1.82, 2.24) is 24.8 Å². The lowest BCUT2D eigenvalue weighted by Gasteiger charge is -2.39. The Morgan fingerprint density at radius 1 is 0.905 bits per heavy atom. The van der Waals surface area contributed by atoms with Gasteiger partial charge in [-0.3, -0.25) is 4.90 Å². The van der Waals surface area contributed by atoms with Gasteiger partial charge in [-0.25, -0.2) is 29.1 Å². The standard InChI is InChI=1S/C48H46ClFN6O6S/c1-30-35(17-18-39(43(30)49)60-26-23-55-21-24-56(2,3)25-22-55)41-42-46(52-29-53-47(42)63-44(41)31-13-15-33(50)16-14-31)62-40(48(57)58)27-32-9-5-7-11-37(32)61-28-34-19-20-51-45(54-34)36-10-6-8-12-38(36)59-4/h5-20,29,40H,21-28H2,1-4H3/p+1/t40-/m1/s1. The van der Waals surface area contributed by atoms with E-state index in [1.807, 2.05) is 55.5 Å². The van der Waals surface area contributed by atoms with Gasteiger partial charge in [-0.1, -0.05) is 60.1 Å². The molecule has 12 nitrogen and oxygen atoms in total. The number of quaternary nitrogens is 1. The van der Waals surface area contributed by atoms with Crippen LogP contribution in [0.3, 0.4) is 0 Å². The van der Waals surface area contributed by atoms with Crippen molar-refractivity contribution in [2.75, 3.05) is 60.5 Å². The van der Waals surface area contributed by atoms with Crippen LogP contribution >= 0.6 is 22.9 Å². The van der Waals surface area contributed by atoms with E-state index in [0.29, 0.717) is 61.7 Å². The summed E-state index contributed by atoms with van der Waals surface area (Å²) in [5.74, 6) is 0.672. The third-order valence-corrected chi connectivity index (χ3v) is 12.8. The van der Waals surface area contributed by atoms with E-state index in [4.69, 9.17) is 35.5 Å². The Labute approximate surface area is 374 Å². The zero-order valence-electron chi connectivity index (χ0n) is 35.4. The van der Waals surface area contributed by atoms with Gasteiger partial charge < -0.3 is 28.5 Å². The number of rotatable bonds is 16. The number of hydrogen-bond acceptors (Lipinski definition) is 11. The fourth-order valence-electron chi connectivity index (χ4n) is 7.57. The van der Waals surface area contributed by atoms with Crippen LogP contribution in [0.4, 0.5) is 4.39 Å². The third-order valence-electron chi connectivity index (χ3n) is 11.2. The molecule has 1 aliphatic heterocycles. The molecule has 0 bridgehead atoms. The summed E-state index contributed by atoms with van der Waals surface area (Å²) in [7, 11) is 6.10. The van der Waals surface area contributed by atoms with Crippen molar-refractivity contribution < 1.29 is 37.7 Å². The molecular weight excluding hydrogens is 843 g/mol. The van der Waals surface area contributed by atoms with Crippen LogP contribution in [-0.2, 0) is 17.8 Å². The maximum absolute atomic E-state index is 14.2. The molecule has 0 saturated carbocycles. The van der Waals surface area contributed by atoms with E-state index in [1.165, 1.54) is 29.8 Å². The minimum Gasteiger partial charge on any atom is -0.496 e. The fraction of sp³-hybridized carbons (Fsp3) is 0.271. The number of aliphatic carboxylic acids is 1. The van der Waals surface area contributed by atoms with E-state index in [-0.39, 0.29) is 24.7 Å². The predicted molar refractivity (Wildman–Crippen MR) is 242 cm³/mol. The van der Waals surface area contributed by atoms with Gasteiger partial charge >= 0.3 is 5.97 Å². The number of para-hydroxylation sites is 2. The zero-order chi connectivity index (χ0) is 44.1. The first-order chi connectivity index (χ1) is 30.5. The summed E-state index contributed by atoms with van der Waals surface area (Å²) in [6.45, 7) is 7.46. The SMILES string of the molecule is COc1ccccc1-c1nccc(COc2ccccc2C[C@@H](Oc2ncnc3sc(-c4ccc(F)cc4)c(-c4ccc(OCCN5CC[N+](C)(C)CC5)c(Cl)c4C)c23)C(=O)O)n1. The number of methoxy groups -OCH3 is 1. The summed E-state index contributed by atoms with van der Waals surface area (Å²) in [5.41, 5.74) is 4.87. The number of ether oxygens (including phenoxy) is 4. The minimum absolute atomic E-state index is 0.0528. The van der Waals surface area contributed by atoms with Gasteiger partial charge in [0.25, 0.3) is 0 Å². The van der Waals surface area contributed by atoms with Crippen LogP contribution in [0, 0.1) is 12.7 Å². The van der Waals surface area contributed by atoms with E-state index < -0.39 is 12.1 Å². The summed E-state index contributed by atoms with van der Waals surface area (Å²) in [5, 5.41) is 11.6. The largest absolute Gasteiger partial charge is 0.496 e. The summed E-state index contributed by atoms with van der Waals surface area (Å²) < 4.78 is 39.6. The molecule has 0 spiro atoms. The molecule has 8 rings (SSSR count). The first-order valence-electron chi connectivity index (χ1n) is 20.5.